The van der Waals surface area contributed by atoms with Gasteiger partial charge >= 0.3 is 0 Å². The lowest BCUT2D eigenvalue weighted by atomic mass is 10.1. The molecule has 3 N–H and O–H groups in total. The SMILES string of the molecule is C[C@H](N)c1ccc(N2CCN(CCO)CC2)nc1. The standard InChI is InChI=1S/C13H22N4O/c1-11(14)12-2-3-13(15-10-12)17-6-4-16(5-7-17)8-9-18/h2-3,10-11,18H,4-9,14H2,1H3/t11-/m0/s1. The molecule has 0 aromatic carbocycles. The molecule has 1 aromatic rings. The van der Waals surface area contributed by atoms with Crippen LogP contribution in [0.25, 0.3) is 0 Å². The lowest BCUT2D eigenvalue weighted by Crippen LogP contribution is -2.47. The molecule has 100 valence electrons. The first-order chi connectivity index (χ1) is 8.70. The number of rotatable bonds is 4. The van der Waals surface area contributed by atoms with Gasteiger partial charge in [-0.15, -0.1) is 0 Å². The number of nitrogens with two attached hydrogens (primary N) is 1. The van der Waals surface area contributed by atoms with Crippen LogP contribution in [0, 0.1) is 0 Å². The van der Waals surface area contributed by atoms with Crippen LogP contribution in [-0.4, -0.2) is 54.3 Å². The van der Waals surface area contributed by atoms with Gasteiger partial charge in [-0.25, -0.2) is 4.98 Å². The van der Waals surface area contributed by atoms with Crippen molar-refractivity contribution in [1.29, 1.82) is 0 Å². The second-order valence-corrected chi connectivity index (χ2v) is 4.79. The van der Waals surface area contributed by atoms with E-state index in [4.69, 9.17) is 10.8 Å². The minimum atomic E-state index is 0.0351. The Labute approximate surface area is 108 Å². The molecule has 0 amide bonds. The summed E-state index contributed by atoms with van der Waals surface area (Å²) in [7, 11) is 0. The number of aliphatic hydroxyl groups is 1. The average Bonchev–Trinajstić information content (AvgIpc) is 2.40. The van der Waals surface area contributed by atoms with Gasteiger partial charge in [0.15, 0.2) is 0 Å². The van der Waals surface area contributed by atoms with Crippen molar-refractivity contribution in [3.05, 3.63) is 23.9 Å². The minimum Gasteiger partial charge on any atom is -0.395 e. The molecule has 2 rings (SSSR count). The molecule has 5 nitrogen and oxygen atoms in total. The predicted octanol–water partition coefficient (Wildman–Crippen LogP) is 0.216. The second kappa shape index (κ2) is 6.13. The zero-order chi connectivity index (χ0) is 13.0. The van der Waals surface area contributed by atoms with Gasteiger partial charge in [-0.3, -0.25) is 4.90 Å². The lowest BCUT2D eigenvalue weighted by Gasteiger charge is -2.35. The number of β-amino-alcohol motifs (C(OH)–C–C–N with tert-alkyl or cyclic N) is 1. The molecule has 0 aliphatic carbocycles. The molecule has 5 heteroatoms. The summed E-state index contributed by atoms with van der Waals surface area (Å²) in [5, 5.41) is 8.90. The van der Waals surface area contributed by atoms with Crippen molar-refractivity contribution < 1.29 is 5.11 Å². The molecule has 18 heavy (non-hydrogen) atoms. The molecular formula is C13H22N4O. The van der Waals surface area contributed by atoms with Crippen LogP contribution in [-0.2, 0) is 0 Å². The van der Waals surface area contributed by atoms with Crippen LogP contribution in [0.3, 0.4) is 0 Å². The van der Waals surface area contributed by atoms with E-state index in [1.807, 2.05) is 25.3 Å². The van der Waals surface area contributed by atoms with Crippen molar-refractivity contribution in [2.75, 3.05) is 44.2 Å². The van der Waals surface area contributed by atoms with E-state index in [0.717, 1.165) is 44.1 Å². The average molecular weight is 250 g/mol. The number of aliphatic hydroxyl groups excluding tert-OH is 1. The zero-order valence-electron chi connectivity index (χ0n) is 10.9. The molecular weight excluding hydrogens is 228 g/mol. The monoisotopic (exact) mass is 250 g/mol. The molecule has 0 saturated carbocycles. The van der Waals surface area contributed by atoms with E-state index in [9.17, 15) is 0 Å². The summed E-state index contributed by atoms with van der Waals surface area (Å²) in [6, 6.07) is 4.13. The number of pyridine rings is 1. The van der Waals surface area contributed by atoms with Crippen LogP contribution in [0.15, 0.2) is 18.3 Å². The molecule has 2 heterocycles. The third-order valence-electron chi connectivity index (χ3n) is 3.41. The summed E-state index contributed by atoms with van der Waals surface area (Å²) in [6.45, 7) is 6.86. The number of hydrogen-bond acceptors (Lipinski definition) is 5. The number of anilines is 1. The Morgan fingerprint density at radius 1 is 1.33 bits per heavy atom. The number of nitrogens with zero attached hydrogens (tertiary/aromatic N) is 3. The van der Waals surface area contributed by atoms with Gasteiger partial charge in [0.1, 0.15) is 5.82 Å². The summed E-state index contributed by atoms with van der Waals surface area (Å²) in [4.78, 5) is 9.02. The van der Waals surface area contributed by atoms with E-state index in [0.29, 0.717) is 0 Å². The van der Waals surface area contributed by atoms with Crippen molar-refractivity contribution in [3.8, 4) is 0 Å². The molecule has 1 atom stereocenters. The van der Waals surface area contributed by atoms with Crippen LogP contribution in [0.4, 0.5) is 5.82 Å². The van der Waals surface area contributed by atoms with E-state index < -0.39 is 0 Å². The highest BCUT2D eigenvalue weighted by atomic mass is 16.3. The van der Waals surface area contributed by atoms with Crippen molar-refractivity contribution in [2.24, 2.45) is 5.73 Å². The first-order valence-corrected chi connectivity index (χ1v) is 6.50. The van der Waals surface area contributed by atoms with Gasteiger partial charge in [0.05, 0.1) is 6.61 Å². The van der Waals surface area contributed by atoms with Crippen LogP contribution < -0.4 is 10.6 Å². The third-order valence-corrected chi connectivity index (χ3v) is 3.41. The molecule has 0 radical (unpaired) electrons. The van der Waals surface area contributed by atoms with Gasteiger partial charge in [0.2, 0.25) is 0 Å². The lowest BCUT2D eigenvalue weighted by molar-refractivity contribution is 0.188. The molecule has 0 spiro atoms. The Hall–Kier alpha value is -1.17. The van der Waals surface area contributed by atoms with E-state index >= 15 is 0 Å². The van der Waals surface area contributed by atoms with E-state index in [1.165, 1.54) is 0 Å². The first-order valence-electron chi connectivity index (χ1n) is 6.50. The zero-order valence-corrected chi connectivity index (χ0v) is 10.9. The van der Waals surface area contributed by atoms with Gasteiger partial charge in [-0.2, -0.15) is 0 Å². The van der Waals surface area contributed by atoms with E-state index in [1.54, 1.807) is 0 Å². The first kappa shape index (κ1) is 13.3. The molecule has 1 aliphatic heterocycles. The Morgan fingerprint density at radius 2 is 2.06 bits per heavy atom. The highest BCUT2D eigenvalue weighted by molar-refractivity contribution is 5.40. The summed E-state index contributed by atoms with van der Waals surface area (Å²) in [5.74, 6) is 1.02. The number of piperazine rings is 1. The molecule has 1 saturated heterocycles. The molecule has 1 aromatic heterocycles. The van der Waals surface area contributed by atoms with E-state index in [2.05, 4.69) is 14.8 Å². The quantitative estimate of drug-likeness (QED) is 0.800. The van der Waals surface area contributed by atoms with Crippen LogP contribution in [0.1, 0.15) is 18.5 Å². The Balaban J connectivity index is 1.93. The van der Waals surface area contributed by atoms with E-state index in [-0.39, 0.29) is 12.6 Å². The minimum absolute atomic E-state index is 0.0351. The Kier molecular flexibility index (Phi) is 4.52. The highest BCUT2D eigenvalue weighted by Crippen LogP contribution is 2.16. The van der Waals surface area contributed by atoms with Gasteiger partial charge in [-0.05, 0) is 18.6 Å². The topological polar surface area (TPSA) is 65.6 Å². The highest BCUT2D eigenvalue weighted by Gasteiger charge is 2.17. The normalized spacial score (nSPS) is 18.9. The summed E-state index contributed by atoms with van der Waals surface area (Å²) in [6.07, 6.45) is 1.86. The van der Waals surface area contributed by atoms with Crippen LogP contribution >= 0.6 is 0 Å². The maximum atomic E-state index is 8.90. The van der Waals surface area contributed by atoms with Crippen molar-refractivity contribution in [1.82, 2.24) is 9.88 Å². The summed E-state index contributed by atoms with van der Waals surface area (Å²) < 4.78 is 0. The molecule has 0 bridgehead atoms. The number of hydrogen-bond donors (Lipinski definition) is 2. The van der Waals surface area contributed by atoms with Gasteiger partial charge in [0, 0.05) is 45.0 Å². The maximum Gasteiger partial charge on any atom is 0.128 e. The Morgan fingerprint density at radius 3 is 2.56 bits per heavy atom. The maximum absolute atomic E-state index is 8.90. The third kappa shape index (κ3) is 3.19. The van der Waals surface area contributed by atoms with Crippen molar-refractivity contribution in [3.63, 3.8) is 0 Å². The van der Waals surface area contributed by atoms with Gasteiger partial charge in [-0.1, -0.05) is 6.07 Å². The second-order valence-electron chi connectivity index (χ2n) is 4.79. The van der Waals surface area contributed by atoms with Crippen molar-refractivity contribution >= 4 is 5.82 Å². The molecule has 1 aliphatic rings. The van der Waals surface area contributed by atoms with Gasteiger partial charge < -0.3 is 15.7 Å². The van der Waals surface area contributed by atoms with Crippen molar-refractivity contribution in [2.45, 2.75) is 13.0 Å². The summed E-state index contributed by atoms with van der Waals surface area (Å²) in [5.41, 5.74) is 6.88. The fourth-order valence-electron chi connectivity index (χ4n) is 2.20. The van der Waals surface area contributed by atoms with Gasteiger partial charge in [0.25, 0.3) is 0 Å². The fourth-order valence-corrected chi connectivity index (χ4v) is 2.20. The number of aromatic nitrogens is 1. The predicted molar refractivity (Wildman–Crippen MR) is 72.6 cm³/mol. The molecule has 1 fully saturated rings. The summed E-state index contributed by atoms with van der Waals surface area (Å²) >= 11 is 0. The Bertz CT molecular complexity index is 358. The smallest absolute Gasteiger partial charge is 0.128 e. The van der Waals surface area contributed by atoms with Crippen LogP contribution in [0.2, 0.25) is 0 Å². The molecule has 0 unspecified atom stereocenters. The van der Waals surface area contributed by atoms with Crippen LogP contribution in [0.5, 0.6) is 0 Å². The largest absolute Gasteiger partial charge is 0.395 e. The fraction of sp³-hybridized carbons (Fsp3) is 0.615.